The molecule has 1 saturated heterocycles. The summed E-state index contributed by atoms with van der Waals surface area (Å²) in [7, 11) is -3.62. The third kappa shape index (κ3) is 4.98. The van der Waals surface area contributed by atoms with Crippen molar-refractivity contribution < 1.29 is 22.7 Å². The normalized spacial score (nSPS) is 20.6. The van der Waals surface area contributed by atoms with Crippen LogP contribution in [-0.4, -0.2) is 50.6 Å². The van der Waals surface area contributed by atoms with Crippen LogP contribution in [0.25, 0.3) is 0 Å². The highest BCUT2D eigenvalue weighted by Crippen LogP contribution is 2.21. The topological polar surface area (TPSA) is 72.9 Å². The zero-order valence-corrected chi connectivity index (χ0v) is 16.9. The lowest BCUT2D eigenvalue weighted by molar-refractivity contribution is -0.0440. The average Bonchev–Trinajstić information content (AvgIpc) is 2.68. The number of nitrogens with zero attached hydrogens (tertiary/aromatic N) is 1. The molecule has 6 nitrogen and oxygen atoms in total. The maximum Gasteiger partial charge on any atom is 0.338 e. The van der Waals surface area contributed by atoms with Crippen LogP contribution in [0.15, 0.2) is 59.5 Å². The van der Waals surface area contributed by atoms with Crippen molar-refractivity contribution in [3.8, 4) is 0 Å². The number of carbonyl (C=O) groups is 1. The Labute approximate surface area is 166 Å². The second kappa shape index (κ2) is 8.86. The Balaban J connectivity index is 1.61. The fraction of sp³-hybridized carbons (Fsp3) is 0.381. The first-order chi connectivity index (χ1) is 13.4. The summed E-state index contributed by atoms with van der Waals surface area (Å²) in [4.78, 5) is 12.3. The molecular formula is C21H25NO5S. The Kier molecular flexibility index (Phi) is 6.49. The van der Waals surface area contributed by atoms with Crippen molar-refractivity contribution in [2.24, 2.45) is 0 Å². The summed E-state index contributed by atoms with van der Waals surface area (Å²) in [6.07, 6.45) is 0.321. The van der Waals surface area contributed by atoms with Gasteiger partial charge in [-0.15, -0.1) is 0 Å². The molecule has 0 unspecified atom stereocenters. The van der Waals surface area contributed by atoms with Crippen LogP contribution < -0.4 is 0 Å². The molecule has 0 bridgehead atoms. The van der Waals surface area contributed by atoms with Gasteiger partial charge in [0, 0.05) is 19.5 Å². The molecule has 1 fully saturated rings. The van der Waals surface area contributed by atoms with Crippen LogP contribution in [0.3, 0.4) is 0 Å². The highest BCUT2D eigenvalue weighted by Gasteiger charge is 2.32. The molecule has 1 aliphatic heterocycles. The second-order valence-electron chi connectivity index (χ2n) is 6.98. The highest BCUT2D eigenvalue weighted by molar-refractivity contribution is 7.89. The van der Waals surface area contributed by atoms with E-state index >= 15 is 0 Å². The molecule has 3 rings (SSSR count). The van der Waals surface area contributed by atoms with E-state index in [0.29, 0.717) is 25.1 Å². The molecule has 0 aliphatic carbocycles. The van der Waals surface area contributed by atoms with E-state index in [2.05, 4.69) is 0 Å². The van der Waals surface area contributed by atoms with Crippen LogP contribution in [0.5, 0.6) is 0 Å². The lowest BCUT2D eigenvalue weighted by atomic mass is 10.2. The van der Waals surface area contributed by atoms with E-state index < -0.39 is 16.0 Å². The Morgan fingerprint density at radius 1 is 1.04 bits per heavy atom. The molecule has 0 spiro atoms. The maximum atomic E-state index is 12.8. The zero-order chi connectivity index (χ0) is 20.1. The molecule has 2 atom stereocenters. The van der Waals surface area contributed by atoms with E-state index in [4.69, 9.17) is 9.47 Å². The number of morpholine rings is 1. The smallest absolute Gasteiger partial charge is 0.338 e. The maximum absolute atomic E-state index is 12.8. The molecule has 2 aromatic carbocycles. The molecule has 0 radical (unpaired) electrons. The number of benzene rings is 2. The van der Waals surface area contributed by atoms with E-state index in [1.54, 1.807) is 0 Å². The first kappa shape index (κ1) is 20.5. The van der Waals surface area contributed by atoms with Gasteiger partial charge in [0.15, 0.2) is 0 Å². The molecule has 7 heteroatoms. The molecule has 2 aromatic rings. The summed E-state index contributed by atoms with van der Waals surface area (Å²) in [6.45, 7) is 4.61. The number of carbonyl (C=O) groups excluding carboxylic acids is 1. The Bertz CT molecular complexity index is 886. The number of hydrogen-bond acceptors (Lipinski definition) is 5. The molecule has 0 N–H and O–H groups in total. The van der Waals surface area contributed by atoms with Gasteiger partial charge in [0.2, 0.25) is 10.0 Å². The molecule has 0 aromatic heterocycles. The van der Waals surface area contributed by atoms with Gasteiger partial charge in [-0.1, -0.05) is 30.3 Å². The first-order valence-corrected chi connectivity index (χ1v) is 10.8. The van der Waals surface area contributed by atoms with Gasteiger partial charge in [0.25, 0.3) is 0 Å². The first-order valence-electron chi connectivity index (χ1n) is 9.33. The van der Waals surface area contributed by atoms with Gasteiger partial charge < -0.3 is 9.47 Å². The summed E-state index contributed by atoms with van der Waals surface area (Å²) in [6, 6.07) is 15.6. The second-order valence-corrected chi connectivity index (χ2v) is 8.91. The van der Waals surface area contributed by atoms with Crippen LogP contribution in [0, 0.1) is 0 Å². The number of hydrogen-bond donors (Lipinski definition) is 0. The lowest BCUT2D eigenvalue weighted by Crippen LogP contribution is -2.48. The van der Waals surface area contributed by atoms with Crippen molar-refractivity contribution in [1.29, 1.82) is 0 Å². The van der Waals surface area contributed by atoms with Crippen LogP contribution >= 0.6 is 0 Å². The van der Waals surface area contributed by atoms with E-state index in [-0.39, 0.29) is 23.7 Å². The van der Waals surface area contributed by atoms with Crippen molar-refractivity contribution in [1.82, 2.24) is 4.31 Å². The minimum atomic E-state index is -3.62. The molecule has 1 aliphatic rings. The van der Waals surface area contributed by atoms with Crippen LogP contribution in [0.4, 0.5) is 0 Å². The number of ether oxygens (including phenoxy) is 2. The van der Waals surface area contributed by atoms with Gasteiger partial charge in [-0.25, -0.2) is 13.2 Å². The van der Waals surface area contributed by atoms with Crippen molar-refractivity contribution in [3.05, 3.63) is 65.7 Å². The molecule has 28 heavy (non-hydrogen) atoms. The Hall–Kier alpha value is -2.22. The predicted octanol–water partition coefficient (Wildman–Crippen LogP) is 2.88. The van der Waals surface area contributed by atoms with Crippen molar-refractivity contribution in [2.75, 3.05) is 19.7 Å². The van der Waals surface area contributed by atoms with E-state index in [9.17, 15) is 13.2 Å². The zero-order valence-electron chi connectivity index (χ0n) is 16.1. The third-order valence-corrected chi connectivity index (χ3v) is 6.43. The monoisotopic (exact) mass is 403 g/mol. The summed E-state index contributed by atoms with van der Waals surface area (Å²) < 4.78 is 38.0. The fourth-order valence-electron chi connectivity index (χ4n) is 3.23. The average molecular weight is 404 g/mol. The summed E-state index contributed by atoms with van der Waals surface area (Å²) in [5, 5.41) is 0. The highest BCUT2D eigenvalue weighted by atomic mass is 32.2. The van der Waals surface area contributed by atoms with Gasteiger partial charge in [0.1, 0.15) is 0 Å². The number of esters is 1. The lowest BCUT2D eigenvalue weighted by Gasteiger charge is -2.34. The van der Waals surface area contributed by atoms with E-state index in [1.165, 1.54) is 28.6 Å². The van der Waals surface area contributed by atoms with Gasteiger partial charge in [-0.05, 0) is 43.7 Å². The molecule has 0 amide bonds. The minimum absolute atomic E-state index is 0.155. The van der Waals surface area contributed by atoms with Crippen LogP contribution in [0.2, 0.25) is 0 Å². The van der Waals surface area contributed by atoms with Crippen LogP contribution in [0.1, 0.15) is 29.8 Å². The molecule has 150 valence electrons. The van der Waals surface area contributed by atoms with Crippen molar-refractivity contribution >= 4 is 16.0 Å². The fourth-order valence-corrected chi connectivity index (χ4v) is 4.82. The summed E-state index contributed by atoms with van der Waals surface area (Å²) in [5.74, 6) is -0.464. The minimum Gasteiger partial charge on any atom is -0.462 e. The summed E-state index contributed by atoms with van der Waals surface area (Å²) in [5.41, 5.74) is 1.42. The van der Waals surface area contributed by atoms with Crippen molar-refractivity contribution in [3.63, 3.8) is 0 Å². The summed E-state index contributed by atoms with van der Waals surface area (Å²) >= 11 is 0. The molecule has 1 heterocycles. The Morgan fingerprint density at radius 2 is 1.64 bits per heavy atom. The SMILES string of the molecule is C[C@@H]1CN(S(=O)(=O)c2ccc(C(=O)OCCc3ccccc3)cc2)C[C@H](C)O1. The van der Waals surface area contributed by atoms with Gasteiger partial charge in [0.05, 0.1) is 29.3 Å². The third-order valence-electron chi connectivity index (χ3n) is 4.58. The quantitative estimate of drug-likeness (QED) is 0.694. The number of rotatable bonds is 6. The van der Waals surface area contributed by atoms with Crippen LogP contribution in [-0.2, 0) is 25.9 Å². The molecule has 0 saturated carbocycles. The van der Waals surface area contributed by atoms with Gasteiger partial charge >= 0.3 is 5.97 Å². The standard InChI is InChI=1S/C21H25NO5S/c1-16-14-22(15-17(2)27-16)28(24,25)20-10-8-19(9-11-20)21(23)26-13-12-18-6-4-3-5-7-18/h3-11,16-17H,12-15H2,1-2H3/t16-,17+. The van der Waals surface area contributed by atoms with Gasteiger partial charge in [-0.2, -0.15) is 4.31 Å². The van der Waals surface area contributed by atoms with E-state index in [0.717, 1.165) is 5.56 Å². The van der Waals surface area contributed by atoms with Gasteiger partial charge in [-0.3, -0.25) is 0 Å². The van der Waals surface area contributed by atoms with E-state index in [1.807, 2.05) is 44.2 Å². The largest absolute Gasteiger partial charge is 0.462 e. The Morgan fingerprint density at radius 3 is 2.25 bits per heavy atom. The number of sulfonamides is 1. The van der Waals surface area contributed by atoms with Crippen molar-refractivity contribution in [2.45, 2.75) is 37.4 Å². The molecular weight excluding hydrogens is 378 g/mol. The predicted molar refractivity (Wildman–Crippen MR) is 106 cm³/mol.